The summed E-state index contributed by atoms with van der Waals surface area (Å²) in [7, 11) is 0. The molecule has 2 atom stereocenters. The van der Waals surface area contributed by atoms with Crippen LogP contribution in [-0.4, -0.2) is 24.1 Å². The van der Waals surface area contributed by atoms with Crippen LogP contribution in [0.3, 0.4) is 0 Å². The Morgan fingerprint density at radius 2 is 2.00 bits per heavy atom. The predicted molar refractivity (Wildman–Crippen MR) is 73.2 cm³/mol. The highest BCUT2D eigenvalue weighted by molar-refractivity contribution is 6.09. The number of hydrogen-bond donors (Lipinski definition) is 0. The second kappa shape index (κ2) is 6.46. The van der Waals surface area contributed by atoms with E-state index < -0.39 is 11.9 Å². The Balaban J connectivity index is 2.24. The van der Waals surface area contributed by atoms with Gasteiger partial charge >= 0.3 is 5.97 Å². The molecule has 106 valence electrons. The van der Waals surface area contributed by atoms with Crippen LogP contribution < -0.4 is 0 Å². The van der Waals surface area contributed by atoms with E-state index in [9.17, 15) is 14.4 Å². The van der Waals surface area contributed by atoms with Gasteiger partial charge in [0.1, 0.15) is 11.7 Å². The molecule has 1 aromatic carbocycles. The van der Waals surface area contributed by atoms with Crippen molar-refractivity contribution >= 4 is 17.5 Å². The lowest BCUT2D eigenvalue weighted by Gasteiger charge is -2.19. The summed E-state index contributed by atoms with van der Waals surface area (Å²) in [5.74, 6) is -1.73. The molecule has 0 aromatic heterocycles. The Hall–Kier alpha value is -1.97. The van der Waals surface area contributed by atoms with Gasteiger partial charge in [-0.15, -0.1) is 0 Å². The van der Waals surface area contributed by atoms with E-state index >= 15 is 0 Å². The molecule has 2 rings (SSSR count). The van der Waals surface area contributed by atoms with Crippen molar-refractivity contribution in [2.75, 3.05) is 6.61 Å². The number of ketones is 2. The average Bonchev–Trinajstić information content (AvgIpc) is 2.86. The third-order valence-corrected chi connectivity index (χ3v) is 3.64. The van der Waals surface area contributed by atoms with E-state index in [-0.39, 0.29) is 24.1 Å². The molecule has 0 bridgehead atoms. The fraction of sp³-hybridized carbons (Fsp3) is 0.438. The third kappa shape index (κ3) is 3.13. The van der Waals surface area contributed by atoms with E-state index in [1.54, 1.807) is 31.2 Å². The molecule has 1 saturated carbocycles. The number of Topliss-reactive ketones (excluding diaryl/α,β-unsaturated/α-hetero) is 2. The molecule has 1 unspecified atom stereocenters. The van der Waals surface area contributed by atoms with Crippen molar-refractivity contribution in [3.8, 4) is 0 Å². The maximum absolute atomic E-state index is 12.5. The number of carbonyl (C=O) groups excluding carboxylic acids is 3. The summed E-state index contributed by atoms with van der Waals surface area (Å²) in [6, 6.07) is 8.70. The predicted octanol–water partition coefficient (Wildman–Crippen LogP) is 2.42. The second-order valence-corrected chi connectivity index (χ2v) is 5.00. The standard InChI is InChI=1S/C16H18O4/c1-2-20-16(19)14(12-8-9-13(17)10-12)15(18)11-6-4-3-5-7-11/h3-7,12,14H,2,8-10H2,1H3/t12-,14?/m1/s1. The molecule has 1 aliphatic rings. The molecule has 0 aliphatic heterocycles. The lowest BCUT2D eigenvalue weighted by atomic mass is 9.84. The number of hydrogen-bond acceptors (Lipinski definition) is 4. The van der Waals surface area contributed by atoms with E-state index in [1.165, 1.54) is 0 Å². The topological polar surface area (TPSA) is 60.4 Å². The third-order valence-electron chi connectivity index (χ3n) is 3.64. The van der Waals surface area contributed by atoms with Crippen molar-refractivity contribution < 1.29 is 19.1 Å². The van der Waals surface area contributed by atoms with Crippen LogP contribution in [0, 0.1) is 11.8 Å². The SMILES string of the molecule is CCOC(=O)C(C(=O)c1ccccc1)[C@@H]1CCC(=O)C1. The molecular weight excluding hydrogens is 256 g/mol. The summed E-state index contributed by atoms with van der Waals surface area (Å²) in [4.78, 5) is 36.1. The molecule has 0 heterocycles. The first-order chi connectivity index (χ1) is 9.63. The summed E-state index contributed by atoms with van der Waals surface area (Å²) >= 11 is 0. The van der Waals surface area contributed by atoms with Gasteiger partial charge in [0.2, 0.25) is 0 Å². The fourth-order valence-electron chi connectivity index (χ4n) is 2.66. The summed E-state index contributed by atoms with van der Waals surface area (Å²) in [6.07, 6.45) is 1.32. The van der Waals surface area contributed by atoms with Crippen LogP contribution >= 0.6 is 0 Å². The van der Waals surface area contributed by atoms with Gasteiger partial charge in [-0.25, -0.2) is 0 Å². The highest BCUT2D eigenvalue weighted by Crippen LogP contribution is 2.32. The van der Waals surface area contributed by atoms with Crippen LogP contribution in [0.25, 0.3) is 0 Å². The first-order valence-electron chi connectivity index (χ1n) is 6.91. The van der Waals surface area contributed by atoms with E-state index in [0.717, 1.165) is 0 Å². The Bertz CT molecular complexity index is 506. The minimum atomic E-state index is -0.858. The smallest absolute Gasteiger partial charge is 0.317 e. The zero-order chi connectivity index (χ0) is 14.5. The highest BCUT2D eigenvalue weighted by Gasteiger charge is 2.40. The van der Waals surface area contributed by atoms with Crippen LogP contribution in [0.5, 0.6) is 0 Å². The Morgan fingerprint density at radius 3 is 2.55 bits per heavy atom. The quantitative estimate of drug-likeness (QED) is 0.470. The Kier molecular flexibility index (Phi) is 4.66. The van der Waals surface area contributed by atoms with Crippen LogP contribution in [0.4, 0.5) is 0 Å². The van der Waals surface area contributed by atoms with Crippen molar-refractivity contribution in [3.63, 3.8) is 0 Å². The van der Waals surface area contributed by atoms with E-state index in [1.807, 2.05) is 6.07 Å². The van der Waals surface area contributed by atoms with E-state index in [2.05, 4.69) is 0 Å². The molecule has 0 radical (unpaired) electrons. The van der Waals surface area contributed by atoms with Gasteiger partial charge in [0, 0.05) is 18.4 Å². The van der Waals surface area contributed by atoms with Gasteiger partial charge in [-0.1, -0.05) is 30.3 Å². The molecule has 1 aromatic rings. The number of carbonyl (C=O) groups is 3. The summed E-state index contributed by atoms with van der Waals surface area (Å²) in [5.41, 5.74) is 0.491. The summed E-state index contributed by atoms with van der Waals surface area (Å²) < 4.78 is 5.02. The van der Waals surface area contributed by atoms with Gasteiger partial charge in [0.05, 0.1) is 6.61 Å². The average molecular weight is 274 g/mol. The van der Waals surface area contributed by atoms with Gasteiger partial charge in [0.25, 0.3) is 0 Å². The van der Waals surface area contributed by atoms with Crippen LogP contribution in [-0.2, 0) is 14.3 Å². The number of benzene rings is 1. The first kappa shape index (κ1) is 14.4. The van der Waals surface area contributed by atoms with Gasteiger partial charge in [-0.3, -0.25) is 14.4 Å². The molecule has 4 heteroatoms. The van der Waals surface area contributed by atoms with E-state index in [0.29, 0.717) is 24.8 Å². The zero-order valence-corrected chi connectivity index (χ0v) is 11.5. The van der Waals surface area contributed by atoms with Gasteiger partial charge in [0.15, 0.2) is 5.78 Å². The summed E-state index contributed by atoms with van der Waals surface area (Å²) in [5, 5.41) is 0. The second-order valence-electron chi connectivity index (χ2n) is 5.00. The molecule has 1 aliphatic carbocycles. The molecule has 0 spiro atoms. The normalized spacial score (nSPS) is 19.6. The number of esters is 1. The van der Waals surface area contributed by atoms with Gasteiger partial charge in [-0.2, -0.15) is 0 Å². The maximum atomic E-state index is 12.5. The van der Waals surface area contributed by atoms with Crippen LogP contribution in [0.1, 0.15) is 36.5 Å². The van der Waals surface area contributed by atoms with Gasteiger partial charge < -0.3 is 4.74 Å². The molecule has 0 N–H and O–H groups in total. The lowest BCUT2D eigenvalue weighted by Crippen LogP contribution is -2.32. The van der Waals surface area contributed by atoms with Crippen molar-refractivity contribution in [2.45, 2.75) is 26.2 Å². The lowest BCUT2D eigenvalue weighted by molar-refractivity contribution is -0.147. The molecule has 20 heavy (non-hydrogen) atoms. The van der Waals surface area contributed by atoms with Crippen molar-refractivity contribution in [3.05, 3.63) is 35.9 Å². The van der Waals surface area contributed by atoms with E-state index in [4.69, 9.17) is 4.74 Å². The molecular formula is C16H18O4. The minimum absolute atomic E-state index is 0.116. The molecule has 4 nitrogen and oxygen atoms in total. The van der Waals surface area contributed by atoms with Gasteiger partial charge in [-0.05, 0) is 19.3 Å². The van der Waals surface area contributed by atoms with Crippen LogP contribution in [0.2, 0.25) is 0 Å². The van der Waals surface area contributed by atoms with Crippen molar-refractivity contribution in [1.29, 1.82) is 0 Å². The number of rotatable bonds is 5. The zero-order valence-electron chi connectivity index (χ0n) is 11.5. The van der Waals surface area contributed by atoms with Crippen molar-refractivity contribution in [2.24, 2.45) is 11.8 Å². The maximum Gasteiger partial charge on any atom is 0.317 e. The Morgan fingerprint density at radius 1 is 1.30 bits per heavy atom. The van der Waals surface area contributed by atoms with Crippen molar-refractivity contribution in [1.82, 2.24) is 0 Å². The Labute approximate surface area is 118 Å². The minimum Gasteiger partial charge on any atom is -0.465 e. The highest BCUT2D eigenvalue weighted by atomic mass is 16.5. The summed E-state index contributed by atoms with van der Waals surface area (Å²) in [6.45, 7) is 1.94. The largest absolute Gasteiger partial charge is 0.465 e. The van der Waals surface area contributed by atoms with Crippen LogP contribution in [0.15, 0.2) is 30.3 Å². The molecule has 0 amide bonds. The monoisotopic (exact) mass is 274 g/mol. The first-order valence-corrected chi connectivity index (χ1v) is 6.91. The molecule has 1 fully saturated rings. The molecule has 0 saturated heterocycles. The fourth-order valence-corrected chi connectivity index (χ4v) is 2.66. The number of ether oxygens (including phenoxy) is 1.